The van der Waals surface area contributed by atoms with Crippen LogP contribution in [0.1, 0.15) is 12.0 Å². The fourth-order valence-electron chi connectivity index (χ4n) is 1.27. The van der Waals surface area contributed by atoms with E-state index in [1.165, 1.54) is 4.90 Å². The minimum Gasteiger partial charge on any atom is -0.409 e. The predicted octanol–water partition coefficient (Wildman–Crippen LogP) is 0.782. The molecule has 0 saturated carbocycles. The molecule has 0 fully saturated rings. The normalized spacial score (nSPS) is 11.2. The van der Waals surface area contributed by atoms with Crippen molar-refractivity contribution in [1.29, 1.82) is 0 Å². The largest absolute Gasteiger partial charge is 0.409 e. The molecule has 0 aliphatic heterocycles. The number of carbonyl (C=O) groups is 1. The summed E-state index contributed by atoms with van der Waals surface area (Å²) in [7, 11) is 1.68. The number of amidine groups is 1. The molecule has 16 heavy (non-hydrogen) atoms. The van der Waals surface area contributed by atoms with E-state index in [2.05, 4.69) is 5.16 Å². The first-order chi connectivity index (χ1) is 7.63. The van der Waals surface area contributed by atoms with Gasteiger partial charge in [0.2, 0.25) is 5.91 Å². The average molecular weight is 221 g/mol. The molecule has 0 aliphatic rings. The Morgan fingerprint density at radius 2 is 2.06 bits per heavy atom. The summed E-state index contributed by atoms with van der Waals surface area (Å²) < 4.78 is 0. The van der Waals surface area contributed by atoms with Crippen molar-refractivity contribution in [2.45, 2.75) is 13.0 Å². The summed E-state index contributed by atoms with van der Waals surface area (Å²) in [6.45, 7) is 0.512. The molecule has 1 amide bonds. The Morgan fingerprint density at radius 3 is 2.62 bits per heavy atom. The second-order valence-electron chi connectivity index (χ2n) is 3.50. The van der Waals surface area contributed by atoms with E-state index in [1.807, 2.05) is 30.3 Å². The average Bonchev–Trinajstić information content (AvgIpc) is 2.30. The lowest BCUT2D eigenvalue weighted by Gasteiger charge is -2.16. The van der Waals surface area contributed by atoms with Crippen molar-refractivity contribution >= 4 is 11.7 Å². The topological polar surface area (TPSA) is 78.9 Å². The van der Waals surface area contributed by atoms with E-state index in [0.29, 0.717) is 6.54 Å². The highest BCUT2D eigenvalue weighted by atomic mass is 16.4. The molecule has 1 rings (SSSR count). The Bertz CT molecular complexity index is 376. The molecular weight excluding hydrogens is 206 g/mol. The summed E-state index contributed by atoms with van der Waals surface area (Å²) in [5.41, 5.74) is 6.30. The molecule has 5 heteroatoms. The highest BCUT2D eigenvalue weighted by molar-refractivity contribution is 5.98. The predicted molar refractivity (Wildman–Crippen MR) is 60.9 cm³/mol. The second-order valence-corrected chi connectivity index (χ2v) is 3.50. The van der Waals surface area contributed by atoms with E-state index in [0.717, 1.165) is 5.56 Å². The van der Waals surface area contributed by atoms with E-state index in [1.54, 1.807) is 7.05 Å². The summed E-state index contributed by atoms with van der Waals surface area (Å²) in [4.78, 5) is 13.1. The van der Waals surface area contributed by atoms with Gasteiger partial charge in [0.05, 0.1) is 6.42 Å². The summed E-state index contributed by atoms with van der Waals surface area (Å²) in [6, 6.07) is 9.62. The lowest BCUT2D eigenvalue weighted by molar-refractivity contribution is -0.129. The van der Waals surface area contributed by atoms with Crippen LogP contribution in [-0.4, -0.2) is 28.9 Å². The van der Waals surface area contributed by atoms with Crippen molar-refractivity contribution in [1.82, 2.24) is 4.90 Å². The van der Waals surface area contributed by atoms with Crippen LogP contribution in [0.2, 0.25) is 0 Å². The van der Waals surface area contributed by atoms with Gasteiger partial charge in [0.25, 0.3) is 0 Å². The van der Waals surface area contributed by atoms with Crippen molar-refractivity contribution in [2.75, 3.05) is 7.05 Å². The van der Waals surface area contributed by atoms with E-state index in [-0.39, 0.29) is 18.2 Å². The number of benzene rings is 1. The number of hydrogen-bond donors (Lipinski definition) is 2. The van der Waals surface area contributed by atoms with Crippen LogP contribution in [-0.2, 0) is 11.3 Å². The molecule has 3 N–H and O–H groups in total. The van der Waals surface area contributed by atoms with Gasteiger partial charge in [-0.15, -0.1) is 0 Å². The third-order valence-corrected chi connectivity index (χ3v) is 2.15. The van der Waals surface area contributed by atoms with Crippen LogP contribution in [0, 0.1) is 0 Å². The van der Waals surface area contributed by atoms with Crippen LogP contribution in [0.15, 0.2) is 35.5 Å². The summed E-state index contributed by atoms with van der Waals surface area (Å²) >= 11 is 0. The molecule has 0 spiro atoms. The summed E-state index contributed by atoms with van der Waals surface area (Å²) in [5.74, 6) is -0.260. The molecule has 1 aromatic carbocycles. The van der Waals surface area contributed by atoms with Gasteiger partial charge in [0.15, 0.2) is 0 Å². The third kappa shape index (κ3) is 3.61. The number of oxime groups is 1. The number of hydrogen-bond acceptors (Lipinski definition) is 3. The Labute approximate surface area is 94.2 Å². The molecule has 0 atom stereocenters. The van der Waals surface area contributed by atoms with E-state index in [9.17, 15) is 4.79 Å². The molecule has 1 aromatic rings. The van der Waals surface area contributed by atoms with Crippen LogP contribution in [0.5, 0.6) is 0 Å². The fourth-order valence-corrected chi connectivity index (χ4v) is 1.27. The maximum absolute atomic E-state index is 11.6. The minimum absolute atomic E-state index is 0.0696. The summed E-state index contributed by atoms with van der Waals surface area (Å²) in [5, 5.41) is 11.1. The fraction of sp³-hybridized carbons (Fsp3) is 0.273. The van der Waals surface area contributed by atoms with Crippen molar-refractivity contribution in [3.63, 3.8) is 0 Å². The zero-order chi connectivity index (χ0) is 12.0. The van der Waals surface area contributed by atoms with Crippen molar-refractivity contribution in [3.8, 4) is 0 Å². The molecule has 0 aromatic heterocycles. The number of carbonyl (C=O) groups excluding carboxylic acids is 1. The van der Waals surface area contributed by atoms with Gasteiger partial charge < -0.3 is 15.8 Å². The summed E-state index contributed by atoms with van der Waals surface area (Å²) in [6.07, 6.45) is -0.0696. The van der Waals surface area contributed by atoms with Gasteiger partial charge in [-0.05, 0) is 5.56 Å². The van der Waals surface area contributed by atoms with Gasteiger partial charge in [-0.2, -0.15) is 0 Å². The SMILES string of the molecule is CN(Cc1ccccc1)C(=O)C/C(N)=N/O. The minimum atomic E-state index is -0.181. The number of nitrogens with zero attached hydrogens (tertiary/aromatic N) is 2. The number of amides is 1. The van der Waals surface area contributed by atoms with Crippen molar-refractivity contribution in [3.05, 3.63) is 35.9 Å². The molecule has 0 aliphatic carbocycles. The smallest absolute Gasteiger partial charge is 0.230 e. The van der Waals surface area contributed by atoms with Crippen molar-refractivity contribution in [2.24, 2.45) is 10.9 Å². The highest BCUT2D eigenvalue weighted by Gasteiger charge is 2.10. The molecule has 0 unspecified atom stereocenters. The Morgan fingerprint density at radius 1 is 1.44 bits per heavy atom. The Hall–Kier alpha value is -2.04. The highest BCUT2D eigenvalue weighted by Crippen LogP contribution is 2.03. The molecule has 0 radical (unpaired) electrons. The maximum atomic E-state index is 11.6. The lowest BCUT2D eigenvalue weighted by atomic mass is 10.2. The van der Waals surface area contributed by atoms with Crippen LogP contribution in [0.25, 0.3) is 0 Å². The molecule has 86 valence electrons. The molecular formula is C11H15N3O2. The van der Waals surface area contributed by atoms with Gasteiger partial charge in [-0.25, -0.2) is 0 Å². The Balaban J connectivity index is 2.53. The van der Waals surface area contributed by atoms with Gasteiger partial charge in [-0.1, -0.05) is 35.5 Å². The molecule has 0 bridgehead atoms. The van der Waals surface area contributed by atoms with E-state index < -0.39 is 0 Å². The van der Waals surface area contributed by atoms with Gasteiger partial charge in [0.1, 0.15) is 5.84 Å². The monoisotopic (exact) mass is 221 g/mol. The van der Waals surface area contributed by atoms with Crippen LogP contribution < -0.4 is 5.73 Å². The maximum Gasteiger partial charge on any atom is 0.230 e. The molecule has 0 heterocycles. The van der Waals surface area contributed by atoms with Gasteiger partial charge in [0, 0.05) is 13.6 Å². The van der Waals surface area contributed by atoms with Crippen LogP contribution in [0.3, 0.4) is 0 Å². The van der Waals surface area contributed by atoms with Crippen molar-refractivity contribution < 1.29 is 10.0 Å². The zero-order valence-corrected chi connectivity index (χ0v) is 9.13. The first-order valence-electron chi connectivity index (χ1n) is 4.87. The lowest BCUT2D eigenvalue weighted by Crippen LogP contribution is -2.30. The second kappa shape index (κ2) is 5.75. The van der Waals surface area contributed by atoms with Crippen LogP contribution in [0.4, 0.5) is 0 Å². The quantitative estimate of drug-likeness (QED) is 0.341. The first-order valence-corrected chi connectivity index (χ1v) is 4.87. The molecule has 5 nitrogen and oxygen atoms in total. The van der Waals surface area contributed by atoms with Gasteiger partial charge in [-0.3, -0.25) is 4.79 Å². The third-order valence-electron chi connectivity index (χ3n) is 2.15. The number of rotatable bonds is 4. The van der Waals surface area contributed by atoms with Gasteiger partial charge >= 0.3 is 0 Å². The zero-order valence-electron chi connectivity index (χ0n) is 9.13. The standard InChI is InChI=1S/C11H15N3O2/c1-14(11(15)7-10(12)13-16)8-9-5-3-2-4-6-9/h2-6,16H,7-8H2,1H3,(H2,12,13). The van der Waals surface area contributed by atoms with Crippen LogP contribution >= 0.6 is 0 Å². The van der Waals surface area contributed by atoms with E-state index in [4.69, 9.17) is 10.9 Å². The van der Waals surface area contributed by atoms with E-state index >= 15 is 0 Å². The number of nitrogens with two attached hydrogens (primary N) is 1. The first kappa shape index (κ1) is 12.0. The Kier molecular flexibility index (Phi) is 4.32. The molecule has 0 saturated heterocycles.